The van der Waals surface area contributed by atoms with E-state index in [2.05, 4.69) is 41.4 Å². The van der Waals surface area contributed by atoms with Crippen LogP contribution in [0.1, 0.15) is 18.9 Å². The maximum absolute atomic E-state index is 11.9. The Bertz CT molecular complexity index is 402. The third-order valence-corrected chi connectivity index (χ3v) is 3.45. The van der Waals surface area contributed by atoms with Gasteiger partial charge in [-0.2, -0.15) is 0 Å². The maximum atomic E-state index is 11.9. The Morgan fingerprint density at radius 3 is 2.72 bits per heavy atom. The summed E-state index contributed by atoms with van der Waals surface area (Å²) in [6.07, 6.45) is 1.73. The van der Waals surface area contributed by atoms with E-state index in [1.165, 1.54) is 5.56 Å². The molecule has 0 aliphatic carbocycles. The summed E-state index contributed by atoms with van der Waals surface area (Å²) in [7, 11) is 0. The highest BCUT2D eigenvalue weighted by Gasteiger charge is 2.28. The van der Waals surface area contributed by atoms with E-state index in [0.29, 0.717) is 19.5 Å². The first-order chi connectivity index (χ1) is 8.76. The van der Waals surface area contributed by atoms with E-state index in [-0.39, 0.29) is 11.9 Å². The van der Waals surface area contributed by atoms with Gasteiger partial charge >= 0.3 is 0 Å². The lowest BCUT2D eigenvalue weighted by Gasteiger charge is -2.36. The van der Waals surface area contributed by atoms with Gasteiger partial charge in [0.25, 0.3) is 0 Å². The van der Waals surface area contributed by atoms with Crippen molar-refractivity contribution in [1.29, 1.82) is 0 Å². The van der Waals surface area contributed by atoms with E-state index >= 15 is 0 Å². The number of benzene rings is 1. The molecule has 0 radical (unpaired) electrons. The van der Waals surface area contributed by atoms with Gasteiger partial charge in [-0.05, 0) is 37.1 Å². The second-order valence-electron chi connectivity index (χ2n) is 4.60. The normalized spacial score (nSPS) is 19.8. The van der Waals surface area contributed by atoms with Gasteiger partial charge in [-0.25, -0.2) is 0 Å². The lowest BCUT2D eigenvalue weighted by molar-refractivity contribution is -0.123. The van der Waals surface area contributed by atoms with Gasteiger partial charge in [-0.3, -0.25) is 4.79 Å². The van der Waals surface area contributed by atoms with Crippen molar-refractivity contribution in [1.82, 2.24) is 5.32 Å². The number of hydrogen-bond acceptors (Lipinski definition) is 3. The van der Waals surface area contributed by atoms with Crippen molar-refractivity contribution < 1.29 is 4.79 Å². The first-order valence-corrected chi connectivity index (χ1v) is 6.59. The van der Waals surface area contributed by atoms with Crippen LogP contribution in [-0.2, 0) is 11.2 Å². The van der Waals surface area contributed by atoms with Crippen LogP contribution in [0.5, 0.6) is 0 Å². The minimum atomic E-state index is -0.128. The fourth-order valence-corrected chi connectivity index (χ4v) is 2.39. The number of nitrogens with zero attached hydrogens (tertiary/aromatic N) is 1. The number of rotatable bonds is 4. The van der Waals surface area contributed by atoms with Crippen molar-refractivity contribution in [2.24, 2.45) is 5.73 Å². The molecule has 3 N–H and O–H groups in total. The summed E-state index contributed by atoms with van der Waals surface area (Å²) in [5.41, 5.74) is 8.03. The Labute approximate surface area is 108 Å². The summed E-state index contributed by atoms with van der Waals surface area (Å²) in [5, 5.41) is 2.90. The standard InChI is InChI=1S/C14H21N3O/c1-2-11-3-5-12(6-4-11)17-10-9-16-14(18)13(17)7-8-15/h3-6,13H,2,7-10,15H2,1H3,(H,16,18). The third-order valence-electron chi connectivity index (χ3n) is 3.45. The van der Waals surface area contributed by atoms with Crippen LogP contribution < -0.4 is 16.0 Å². The van der Waals surface area contributed by atoms with Gasteiger partial charge in [0.1, 0.15) is 6.04 Å². The highest BCUT2D eigenvalue weighted by molar-refractivity contribution is 5.86. The third kappa shape index (κ3) is 2.64. The molecule has 1 aliphatic rings. The number of amides is 1. The predicted octanol–water partition coefficient (Wildman–Crippen LogP) is 0.903. The molecule has 98 valence electrons. The molecule has 4 heteroatoms. The molecule has 1 unspecified atom stereocenters. The average Bonchev–Trinajstić information content (AvgIpc) is 2.41. The van der Waals surface area contributed by atoms with Crippen molar-refractivity contribution in [3.63, 3.8) is 0 Å². The second-order valence-corrected chi connectivity index (χ2v) is 4.60. The van der Waals surface area contributed by atoms with Crippen LogP contribution in [0.15, 0.2) is 24.3 Å². The van der Waals surface area contributed by atoms with Crippen LogP contribution in [0, 0.1) is 0 Å². The first kappa shape index (κ1) is 12.9. The van der Waals surface area contributed by atoms with Gasteiger partial charge in [-0.1, -0.05) is 19.1 Å². The summed E-state index contributed by atoms with van der Waals surface area (Å²) in [5.74, 6) is 0.0891. The molecule has 18 heavy (non-hydrogen) atoms. The molecule has 4 nitrogen and oxygen atoms in total. The summed E-state index contributed by atoms with van der Waals surface area (Å²) in [6, 6.07) is 8.32. The number of nitrogens with two attached hydrogens (primary N) is 1. The van der Waals surface area contributed by atoms with Gasteiger partial charge in [-0.15, -0.1) is 0 Å². The number of anilines is 1. The number of carbonyl (C=O) groups excluding carboxylic acids is 1. The molecule has 1 aromatic carbocycles. The van der Waals surface area contributed by atoms with Gasteiger partial charge in [0, 0.05) is 18.8 Å². The van der Waals surface area contributed by atoms with Crippen molar-refractivity contribution in [3.8, 4) is 0 Å². The Balaban J connectivity index is 2.19. The smallest absolute Gasteiger partial charge is 0.242 e. The van der Waals surface area contributed by atoms with E-state index in [0.717, 1.165) is 18.7 Å². The zero-order valence-electron chi connectivity index (χ0n) is 10.9. The number of carbonyl (C=O) groups is 1. The molecule has 0 spiro atoms. The molecule has 1 heterocycles. The zero-order chi connectivity index (χ0) is 13.0. The maximum Gasteiger partial charge on any atom is 0.242 e. The number of piperazine rings is 1. The van der Waals surface area contributed by atoms with Crippen molar-refractivity contribution in [3.05, 3.63) is 29.8 Å². The lowest BCUT2D eigenvalue weighted by atomic mass is 10.1. The second kappa shape index (κ2) is 5.87. The van der Waals surface area contributed by atoms with E-state index in [1.54, 1.807) is 0 Å². The molecule has 1 atom stereocenters. The zero-order valence-corrected chi connectivity index (χ0v) is 10.9. The van der Waals surface area contributed by atoms with Gasteiger partial charge in [0.2, 0.25) is 5.91 Å². The van der Waals surface area contributed by atoms with E-state index in [4.69, 9.17) is 5.73 Å². The largest absolute Gasteiger partial charge is 0.358 e. The molecule has 1 aromatic rings. The summed E-state index contributed by atoms with van der Waals surface area (Å²) in [4.78, 5) is 14.0. The Kier molecular flexibility index (Phi) is 4.20. The lowest BCUT2D eigenvalue weighted by Crippen LogP contribution is -2.56. The predicted molar refractivity (Wildman–Crippen MR) is 73.6 cm³/mol. The summed E-state index contributed by atoms with van der Waals surface area (Å²) in [6.45, 7) is 4.22. The quantitative estimate of drug-likeness (QED) is 0.831. The van der Waals surface area contributed by atoms with Crippen LogP contribution >= 0.6 is 0 Å². The highest BCUT2D eigenvalue weighted by Crippen LogP contribution is 2.21. The van der Waals surface area contributed by atoms with E-state index in [1.807, 2.05) is 0 Å². The Morgan fingerprint density at radius 1 is 1.39 bits per heavy atom. The fraction of sp³-hybridized carbons (Fsp3) is 0.500. The molecule has 0 saturated carbocycles. The number of nitrogens with one attached hydrogen (secondary N) is 1. The van der Waals surface area contributed by atoms with Crippen LogP contribution in [0.25, 0.3) is 0 Å². The molecule has 1 saturated heterocycles. The minimum Gasteiger partial charge on any atom is -0.358 e. The number of hydrogen-bond donors (Lipinski definition) is 2. The minimum absolute atomic E-state index is 0.0891. The van der Waals surface area contributed by atoms with Crippen LogP contribution in [0.2, 0.25) is 0 Å². The van der Waals surface area contributed by atoms with E-state index in [9.17, 15) is 4.79 Å². The number of aryl methyl sites for hydroxylation is 1. The molecule has 1 aliphatic heterocycles. The fourth-order valence-electron chi connectivity index (χ4n) is 2.39. The Morgan fingerprint density at radius 2 is 2.11 bits per heavy atom. The Hall–Kier alpha value is -1.55. The molecule has 0 aromatic heterocycles. The topological polar surface area (TPSA) is 58.4 Å². The molecular formula is C14H21N3O. The highest BCUT2D eigenvalue weighted by atomic mass is 16.2. The van der Waals surface area contributed by atoms with Gasteiger partial charge in [0.15, 0.2) is 0 Å². The molecule has 1 amide bonds. The van der Waals surface area contributed by atoms with E-state index < -0.39 is 0 Å². The molecule has 1 fully saturated rings. The van der Waals surface area contributed by atoms with Crippen molar-refractivity contribution in [2.75, 3.05) is 24.5 Å². The monoisotopic (exact) mass is 247 g/mol. The summed E-state index contributed by atoms with van der Waals surface area (Å²) >= 11 is 0. The van der Waals surface area contributed by atoms with Gasteiger partial charge < -0.3 is 16.0 Å². The van der Waals surface area contributed by atoms with Gasteiger partial charge in [0.05, 0.1) is 0 Å². The van der Waals surface area contributed by atoms with Crippen LogP contribution in [0.4, 0.5) is 5.69 Å². The molecular weight excluding hydrogens is 226 g/mol. The molecule has 0 bridgehead atoms. The van der Waals surface area contributed by atoms with Crippen molar-refractivity contribution >= 4 is 11.6 Å². The SMILES string of the molecule is CCc1ccc(N2CCNC(=O)C2CCN)cc1. The van der Waals surface area contributed by atoms with Crippen molar-refractivity contribution in [2.45, 2.75) is 25.8 Å². The first-order valence-electron chi connectivity index (χ1n) is 6.59. The van der Waals surface area contributed by atoms with Crippen LogP contribution in [0.3, 0.4) is 0 Å². The molecule has 2 rings (SSSR count). The average molecular weight is 247 g/mol. The summed E-state index contributed by atoms with van der Waals surface area (Å²) < 4.78 is 0. The van der Waals surface area contributed by atoms with Crippen LogP contribution in [-0.4, -0.2) is 31.6 Å².